The minimum atomic E-state index is -0.274. The summed E-state index contributed by atoms with van der Waals surface area (Å²) in [5.74, 6) is 1.25. The third-order valence-electron chi connectivity index (χ3n) is 7.02. The van der Waals surface area contributed by atoms with E-state index in [1.54, 1.807) is 14.2 Å². The Kier molecular flexibility index (Phi) is 8.44. The molecule has 2 amide bonds. The highest BCUT2D eigenvalue weighted by Gasteiger charge is 2.44. The maximum Gasteiger partial charge on any atom is 0.286 e. The van der Waals surface area contributed by atoms with Crippen molar-refractivity contribution < 1.29 is 28.5 Å². The molecule has 4 aliphatic heterocycles. The van der Waals surface area contributed by atoms with E-state index >= 15 is 0 Å². The predicted octanol–water partition coefficient (Wildman–Crippen LogP) is 7.32. The number of thioether (sulfide) groups is 4. The van der Waals surface area contributed by atoms with Gasteiger partial charge < -0.3 is 18.9 Å². The highest BCUT2D eigenvalue weighted by atomic mass is 32.2. The van der Waals surface area contributed by atoms with E-state index in [0.29, 0.717) is 47.2 Å². The van der Waals surface area contributed by atoms with Crippen molar-refractivity contribution in [2.24, 2.45) is 10.2 Å². The van der Waals surface area contributed by atoms with Crippen molar-refractivity contribution in [2.45, 2.75) is 33.4 Å². The van der Waals surface area contributed by atoms with Crippen LogP contribution in [0.3, 0.4) is 0 Å². The number of anilines is 2. The summed E-state index contributed by atoms with van der Waals surface area (Å²) in [6.45, 7) is 4.42. The number of fused-ring (bicyclic) bond motifs is 2. The normalized spacial score (nSPS) is 17.0. The van der Waals surface area contributed by atoms with Crippen LogP contribution in [-0.4, -0.2) is 51.0 Å². The molecule has 0 atom stereocenters. The minimum absolute atomic E-state index is 0.269. The van der Waals surface area contributed by atoms with Gasteiger partial charge in [0.25, 0.3) is 11.8 Å². The van der Waals surface area contributed by atoms with Crippen molar-refractivity contribution >= 4 is 82.0 Å². The number of carbonyl (C=O) groups excluding carboxylic acids is 2. The standard InChI is InChI=1S/C32H26N4O6S4/c1-5-41-27-19(29(37)35(33-27)17-13-9-7-10-14-17)31-43-23-21(39-3)25-26(22(40-4)24(23)44-31)46-32(45-25)20-28(42-6-2)34-36(30(20)38)18-15-11-8-12-16-18/h7-16H,5-6H2,1-4H3. The van der Waals surface area contributed by atoms with E-state index < -0.39 is 0 Å². The lowest BCUT2D eigenvalue weighted by Gasteiger charge is -2.14. The molecule has 0 saturated carbocycles. The molecule has 3 aromatic rings. The first kappa shape index (κ1) is 30.7. The fourth-order valence-corrected chi connectivity index (χ4v) is 10.7. The Hall–Kier alpha value is -3.98. The maximum absolute atomic E-state index is 13.8. The van der Waals surface area contributed by atoms with Gasteiger partial charge in [0.2, 0.25) is 11.8 Å². The van der Waals surface area contributed by atoms with Gasteiger partial charge in [-0.15, -0.1) is 10.2 Å². The Bertz CT molecular complexity index is 1720. The molecule has 14 heteroatoms. The number of para-hydroxylation sites is 2. The topological polar surface area (TPSA) is 102 Å². The molecule has 0 fully saturated rings. The first-order valence-corrected chi connectivity index (χ1v) is 17.5. The molecular formula is C32H26N4O6S4. The maximum atomic E-state index is 13.8. The summed E-state index contributed by atoms with van der Waals surface area (Å²) in [7, 11) is 3.23. The number of nitrogens with zero attached hydrogens (tertiary/aromatic N) is 4. The summed E-state index contributed by atoms with van der Waals surface area (Å²) in [5.41, 5.74) is 2.07. The van der Waals surface area contributed by atoms with Gasteiger partial charge in [-0.05, 0) is 38.1 Å². The lowest BCUT2D eigenvalue weighted by Crippen LogP contribution is -2.22. The highest BCUT2D eigenvalue weighted by molar-refractivity contribution is 8.26. The molecule has 0 aromatic heterocycles. The van der Waals surface area contributed by atoms with Crippen LogP contribution in [0.4, 0.5) is 11.4 Å². The SMILES string of the molecule is CCOC1=NN(c2ccccc2)C(=O)C1=C1Sc2c(OC)c3c(c(OC)c2S1)SC(=C1C(=O)N(c2ccccc2)N=C1OCC)S3. The van der Waals surface area contributed by atoms with E-state index in [9.17, 15) is 9.59 Å². The van der Waals surface area contributed by atoms with Gasteiger partial charge in [-0.1, -0.05) is 83.4 Å². The number of hydrazone groups is 2. The zero-order valence-electron chi connectivity index (χ0n) is 25.1. The Morgan fingerprint density at radius 1 is 0.587 bits per heavy atom. The predicted molar refractivity (Wildman–Crippen MR) is 183 cm³/mol. The number of benzene rings is 3. The van der Waals surface area contributed by atoms with E-state index in [1.165, 1.54) is 57.1 Å². The third kappa shape index (κ3) is 5.03. The van der Waals surface area contributed by atoms with Gasteiger partial charge >= 0.3 is 0 Å². The van der Waals surface area contributed by atoms with Crippen LogP contribution in [0, 0.1) is 0 Å². The summed E-state index contributed by atoms with van der Waals surface area (Å²) in [6.07, 6.45) is 0. The average Bonchev–Trinajstić information content (AvgIpc) is 3.84. The molecule has 0 N–H and O–H groups in total. The first-order chi connectivity index (χ1) is 22.5. The van der Waals surface area contributed by atoms with Crippen molar-refractivity contribution in [3.8, 4) is 11.5 Å². The second-order valence-electron chi connectivity index (χ2n) is 9.70. The van der Waals surface area contributed by atoms with Gasteiger partial charge in [-0.2, -0.15) is 10.0 Å². The van der Waals surface area contributed by atoms with Crippen molar-refractivity contribution in [1.82, 2.24) is 0 Å². The van der Waals surface area contributed by atoms with E-state index in [1.807, 2.05) is 74.5 Å². The molecule has 3 aromatic carbocycles. The van der Waals surface area contributed by atoms with Crippen LogP contribution in [-0.2, 0) is 19.1 Å². The Morgan fingerprint density at radius 2 is 0.935 bits per heavy atom. The van der Waals surface area contributed by atoms with Gasteiger partial charge in [-0.3, -0.25) is 9.59 Å². The Balaban J connectivity index is 1.28. The highest BCUT2D eigenvalue weighted by Crippen LogP contribution is 2.68. The van der Waals surface area contributed by atoms with E-state index in [4.69, 9.17) is 18.9 Å². The molecule has 0 saturated heterocycles. The summed E-state index contributed by atoms with van der Waals surface area (Å²) in [6, 6.07) is 18.5. The lowest BCUT2D eigenvalue weighted by atomic mass is 10.2. The van der Waals surface area contributed by atoms with Crippen LogP contribution in [0.15, 0.2) is 110 Å². The smallest absolute Gasteiger partial charge is 0.286 e. The fraction of sp³-hybridized carbons (Fsp3) is 0.188. The number of carbonyl (C=O) groups is 2. The first-order valence-electron chi connectivity index (χ1n) is 14.2. The molecule has 0 aliphatic carbocycles. The van der Waals surface area contributed by atoms with Gasteiger partial charge in [0.1, 0.15) is 22.6 Å². The largest absolute Gasteiger partial charge is 0.494 e. The van der Waals surface area contributed by atoms with Crippen LogP contribution in [0.2, 0.25) is 0 Å². The number of hydrogen-bond donors (Lipinski definition) is 0. The fourth-order valence-electron chi connectivity index (χ4n) is 5.06. The summed E-state index contributed by atoms with van der Waals surface area (Å²) < 4.78 is 25.2. The van der Waals surface area contributed by atoms with E-state index in [-0.39, 0.29) is 23.6 Å². The molecule has 234 valence electrons. The van der Waals surface area contributed by atoms with E-state index in [0.717, 1.165) is 28.1 Å². The van der Waals surface area contributed by atoms with Crippen LogP contribution < -0.4 is 19.5 Å². The second-order valence-corrected chi connectivity index (χ2v) is 14.3. The third-order valence-corrected chi connectivity index (χ3v) is 12.2. The number of rotatable bonds is 6. The monoisotopic (exact) mass is 690 g/mol. The summed E-state index contributed by atoms with van der Waals surface area (Å²) in [4.78, 5) is 30.8. The van der Waals surface area contributed by atoms with E-state index in [2.05, 4.69) is 10.2 Å². The molecule has 0 spiro atoms. The zero-order valence-corrected chi connectivity index (χ0v) is 28.3. The number of amides is 2. The molecule has 7 rings (SSSR count). The molecule has 10 nitrogen and oxygen atoms in total. The van der Waals surface area contributed by atoms with Gasteiger partial charge in [-0.25, -0.2) is 0 Å². The number of ether oxygens (including phenoxy) is 4. The summed E-state index contributed by atoms with van der Waals surface area (Å²) >= 11 is 5.67. The summed E-state index contributed by atoms with van der Waals surface area (Å²) in [5, 5.41) is 11.8. The number of methoxy groups -OCH3 is 2. The lowest BCUT2D eigenvalue weighted by molar-refractivity contribution is -0.115. The van der Waals surface area contributed by atoms with Gasteiger partial charge in [0, 0.05) is 0 Å². The van der Waals surface area contributed by atoms with Crippen LogP contribution >= 0.6 is 47.0 Å². The molecular weight excluding hydrogens is 665 g/mol. The van der Waals surface area contributed by atoms with Crippen molar-refractivity contribution in [3.05, 3.63) is 80.3 Å². The molecule has 46 heavy (non-hydrogen) atoms. The molecule has 4 aliphatic rings. The van der Waals surface area contributed by atoms with Crippen molar-refractivity contribution in [2.75, 3.05) is 37.5 Å². The molecule has 0 unspecified atom stereocenters. The molecule has 4 heterocycles. The van der Waals surface area contributed by atoms with Gasteiger partial charge in [0.15, 0.2) is 0 Å². The van der Waals surface area contributed by atoms with Gasteiger partial charge in [0.05, 0.1) is 66.9 Å². The van der Waals surface area contributed by atoms with Crippen LogP contribution in [0.1, 0.15) is 13.8 Å². The van der Waals surface area contributed by atoms with Crippen LogP contribution in [0.25, 0.3) is 0 Å². The Labute approximate surface area is 282 Å². The van der Waals surface area contributed by atoms with Crippen molar-refractivity contribution in [3.63, 3.8) is 0 Å². The zero-order chi connectivity index (χ0) is 31.9. The van der Waals surface area contributed by atoms with Crippen LogP contribution in [0.5, 0.6) is 11.5 Å². The van der Waals surface area contributed by atoms with Crippen molar-refractivity contribution in [1.29, 1.82) is 0 Å². The Morgan fingerprint density at radius 3 is 1.24 bits per heavy atom. The molecule has 0 bridgehead atoms. The second kappa shape index (κ2) is 12.7. The molecule has 0 radical (unpaired) electrons. The average molecular weight is 691 g/mol. The quantitative estimate of drug-likeness (QED) is 0.245. The minimum Gasteiger partial charge on any atom is -0.494 e. The number of hydrogen-bond acceptors (Lipinski definition) is 12.